The Hall–Kier alpha value is -1.33. The number of rotatable bonds is 6. The Morgan fingerprint density at radius 1 is 1.50 bits per heavy atom. The van der Waals surface area contributed by atoms with Crippen LogP contribution in [0, 0.1) is 5.92 Å². The summed E-state index contributed by atoms with van der Waals surface area (Å²) in [5, 5.41) is 9.59. The van der Waals surface area contributed by atoms with Crippen molar-refractivity contribution in [2.45, 2.75) is 26.8 Å². The van der Waals surface area contributed by atoms with E-state index < -0.39 is 0 Å². The van der Waals surface area contributed by atoms with Gasteiger partial charge >= 0.3 is 0 Å². The van der Waals surface area contributed by atoms with Crippen molar-refractivity contribution in [1.82, 2.24) is 9.78 Å². The van der Waals surface area contributed by atoms with Crippen molar-refractivity contribution in [3.8, 4) is 0 Å². The molecule has 0 amide bonds. The Morgan fingerprint density at radius 3 is 2.95 bits per heavy atom. The molecule has 2 aromatic heterocycles. The van der Waals surface area contributed by atoms with E-state index in [0.717, 1.165) is 13.0 Å². The summed E-state index contributed by atoms with van der Waals surface area (Å²) in [6.07, 6.45) is 2.53. The van der Waals surface area contributed by atoms with Gasteiger partial charge in [0.15, 0.2) is 0 Å². The molecule has 0 aliphatic rings. The van der Waals surface area contributed by atoms with Gasteiger partial charge in [-0.15, -0.1) is 11.3 Å². The van der Waals surface area contributed by atoms with Crippen LogP contribution in [0.5, 0.6) is 0 Å². The lowest BCUT2D eigenvalue weighted by Crippen LogP contribution is -2.26. The van der Waals surface area contributed by atoms with Gasteiger partial charge in [0.1, 0.15) is 5.02 Å². The summed E-state index contributed by atoms with van der Waals surface area (Å²) in [6, 6.07) is 4.12. The maximum Gasteiger partial charge on any atom is 0.287 e. The summed E-state index contributed by atoms with van der Waals surface area (Å²) < 4.78 is 1.41. The zero-order valence-electron chi connectivity index (χ0n) is 11.6. The van der Waals surface area contributed by atoms with Crippen LogP contribution in [0.2, 0.25) is 5.02 Å². The monoisotopic (exact) mass is 311 g/mol. The molecule has 0 aliphatic carbocycles. The Kier molecular flexibility index (Phi) is 5.20. The van der Waals surface area contributed by atoms with E-state index in [-0.39, 0.29) is 10.6 Å². The van der Waals surface area contributed by atoms with E-state index in [2.05, 4.69) is 21.9 Å². The van der Waals surface area contributed by atoms with Crippen LogP contribution in [-0.4, -0.2) is 16.3 Å². The molecular formula is C14H18ClN3OS. The second-order valence-electron chi connectivity index (χ2n) is 5.01. The molecular weight excluding hydrogens is 294 g/mol. The predicted octanol–water partition coefficient (Wildman–Crippen LogP) is 3.27. The maximum absolute atomic E-state index is 12.0. The van der Waals surface area contributed by atoms with Crippen molar-refractivity contribution in [3.05, 3.63) is 44.0 Å². The Balaban J connectivity index is 2.02. The van der Waals surface area contributed by atoms with Gasteiger partial charge in [-0.2, -0.15) is 5.10 Å². The van der Waals surface area contributed by atoms with E-state index in [4.69, 9.17) is 11.6 Å². The molecule has 6 heteroatoms. The lowest BCUT2D eigenvalue weighted by atomic mass is 10.2. The summed E-state index contributed by atoms with van der Waals surface area (Å²) in [6.45, 7) is 5.38. The van der Waals surface area contributed by atoms with E-state index in [0.29, 0.717) is 18.2 Å². The minimum absolute atomic E-state index is 0.215. The third-order valence-corrected chi connectivity index (χ3v) is 4.09. The van der Waals surface area contributed by atoms with Crippen molar-refractivity contribution in [2.75, 3.05) is 11.9 Å². The molecule has 0 spiro atoms. The highest BCUT2D eigenvalue weighted by Gasteiger charge is 2.09. The summed E-state index contributed by atoms with van der Waals surface area (Å²) in [4.78, 5) is 13.3. The molecule has 0 atom stereocenters. The lowest BCUT2D eigenvalue weighted by Gasteiger charge is -2.11. The third kappa shape index (κ3) is 3.84. The van der Waals surface area contributed by atoms with Gasteiger partial charge in [0.25, 0.3) is 5.56 Å². The number of aromatic nitrogens is 2. The Labute approximate surface area is 127 Å². The molecule has 2 heterocycles. The Morgan fingerprint density at radius 2 is 2.30 bits per heavy atom. The van der Waals surface area contributed by atoms with Gasteiger partial charge in [-0.3, -0.25) is 4.79 Å². The average molecular weight is 312 g/mol. The highest BCUT2D eigenvalue weighted by molar-refractivity contribution is 7.09. The molecule has 0 bridgehead atoms. The average Bonchev–Trinajstić information content (AvgIpc) is 2.90. The van der Waals surface area contributed by atoms with Gasteiger partial charge in [-0.25, -0.2) is 4.68 Å². The van der Waals surface area contributed by atoms with Crippen molar-refractivity contribution in [3.63, 3.8) is 0 Å². The molecule has 0 saturated carbocycles. The van der Waals surface area contributed by atoms with Crippen LogP contribution in [0.15, 0.2) is 28.5 Å². The quantitative estimate of drug-likeness (QED) is 0.890. The molecule has 108 valence electrons. The molecule has 2 aromatic rings. The summed E-state index contributed by atoms with van der Waals surface area (Å²) in [5.41, 5.74) is 0.370. The van der Waals surface area contributed by atoms with Gasteiger partial charge < -0.3 is 5.32 Å². The number of hydrogen-bond donors (Lipinski definition) is 1. The molecule has 0 unspecified atom stereocenters. The van der Waals surface area contributed by atoms with Crippen LogP contribution in [-0.2, 0) is 13.0 Å². The highest BCUT2D eigenvalue weighted by atomic mass is 35.5. The largest absolute Gasteiger partial charge is 0.382 e. The van der Waals surface area contributed by atoms with Gasteiger partial charge in [-0.1, -0.05) is 31.5 Å². The smallest absolute Gasteiger partial charge is 0.287 e. The predicted molar refractivity (Wildman–Crippen MR) is 84.9 cm³/mol. The SMILES string of the molecule is CC(C)Cn1ncc(NCCc2cccs2)c(Cl)c1=O. The van der Waals surface area contributed by atoms with Crippen molar-refractivity contribution in [2.24, 2.45) is 5.92 Å². The first-order valence-electron chi connectivity index (χ1n) is 6.60. The van der Waals surface area contributed by atoms with E-state index in [1.807, 2.05) is 19.9 Å². The van der Waals surface area contributed by atoms with E-state index in [1.165, 1.54) is 9.56 Å². The molecule has 0 fully saturated rings. The molecule has 0 saturated heterocycles. The molecule has 0 aromatic carbocycles. The van der Waals surface area contributed by atoms with Gasteiger partial charge in [0, 0.05) is 18.0 Å². The fourth-order valence-corrected chi connectivity index (χ4v) is 2.76. The fourth-order valence-electron chi connectivity index (χ4n) is 1.84. The van der Waals surface area contributed by atoms with Crippen LogP contribution < -0.4 is 10.9 Å². The molecule has 0 radical (unpaired) electrons. The molecule has 0 aliphatic heterocycles. The summed E-state index contributed by atoms with van der Waals surface area (Å²) in [5.74, 6) is 0.355. The topological polar surface area (TPSA) is 46.9 Å². The molecule has 2 rings (SSSR count). The molecule has 4 nitrogen and oxygen atoms in total. The lowest BCUT2D eigenvalue weighted by molar-refractivity contribution is 0.464. The number of nitrogens with zero attached hydrogens (tertiary/aromatic N) is 2. The number of anilines is 1. The van der Waals surface area contributed by atoms with Crippen LogP contribution in [0.3, 0.4) is 0 Å². The Bertz CT molecular complexity index is 607. The van der Waals surface area contributed by atoms with Gasteiger partial charge in [0.05, 0.1) is 11.9 Å². The van der Waals surface area contributed by atoms with Crippen molar-refractivity contribution < 1.29 is 0 Å². The first kappa shape index (κ1) is 15.1. The van der Waals surface area contributed by atoms with Crippen molar-refractivity contribution >= 4 is 28.6 Å². The highest BCUT2D eigenvalue weighted by Crippen LogP contribution is 2.16. The normalized spacial score (nSPS) is 11.0. The number of halogens is 1. The second kappa shape index (κ2) is 6.90. The first-order valence-corrected chi connectivity index (χ1v) is 7.85. The van der Waals surface area contributed by atoms with Gasteiger partial charge in [0.2, 0.25) is 0 Å². The fraction of sp³-hybridized carbons (Fsp3) is 0.429. The van der Waals surface area contributed by atoms with Crippen LogP contribution in [0.25, 0.3) is 0 Å². The summed E-state index contributed by atoms with van der Waals surface area (Å²) >= 11 is 7.83. The molecule has 1 N–H and O–H groups in total. The van der Waals surface area contributed by atoms with Crippen LogP contribution in [0.4, 0.5) is 5.69 Å². The first-order chi connectivity index (χ1) is 9.58. The van der Waals surface area contributed by atoms with Gasteiger partial charge in [-0.05, 0) is 23.8 Å². The van der Waals surface area contributed by atoms with E-state index in [9.17, 15) is 4.79 Å². The standard InChI is InChI=1S/C14H18ClN3OS/c1-10(2)9-18-14(19)13(15)12(8-17-18)16-6-5-11-4-3-7-20-11/h3-4,7-8,10,16H,5-6,9H2,1-2H3. The van der Waals surface area contributed by atoms with Crippen molar-refractivity contribution in [1.29, 1.82) is 0 Å². The third-order valence-electron chi connectivity index (χ3n) is 2.79. The van der Waals surface area contributed by atoms with E-state index >= 15 is 0 Å². The minimum atomic E-state index is -0.235. The second-order valence-corrected chi connectivity index (χ2v) is 6.42. The zero-order valence-corrected chi connectivity index (χ0v) is 13.2. The number of hydrogen-bond acceptors (Lipinski definition) is 4. The number of thiophene rings is 1. The maximum atomic E-state index is 12.0. The zero-order chi connectivity index (χ0) is 14.5. The number of nitrogens with one attached hydrogen (secondary N) is 1. The van der Waals surface area contributed by atoms with E-state index in [1.54, 1.807) is 17.5 Å². The molecule has 20 heavy (non-hydrogen) atoms. The minimum Gasteiger partial charge on any atom is -0.382 e. The van der Waals surface area contributed by atoms with Crippen LogP contribution >= 0.6 is 22.9 Å². The van der Waals surface area contributed by atoms with Crippen LogP contribution in [0.1, 0.15) is 18.7 Å². The summed E-state index contributed by atoms with van der Waals surface area (Å²) in [7, 11) is 0.